The van der Waals surface area contributed by atoms with Crippen molar-refractivity contribution >= 4 is 11.7 Å². The molecule has 104 valence electrons. The standard InChI is InChI=1S/C13H25N3O2/c1-4-8-16(9-11(14)15-18)12(17)10-6-5-7-13(10,2)3/h10,18H,4-9H2,1-3H3,(H2,14,15). The molecule has 0 spiro atoms. The number of hydrogen-bond donors (Lipinski definition) is 2. The minimum atomic E-state index is 0.0637. The molecule has 0 heterocycles. The third kappa shape index (κ3) is 3.37. The molecule has 1 unspecified atom stereocenters. The van der Waals surface area contributed by atoms with Gasteiger partial charge < -0.3 is 15.8 Å². The highest BCUT2D eigenvalue weighted by Gasteiger charge is 2.41. The number of carbonyl (C=O) groups is 1. The fourth-order valence-corrected chi connectivity index (χ4v) is 2.77. The summed E-state index contributed by atoms with van der Waals surface area (Å²) in [4.78, 5) is 14.3. The molecule has 0 saturated heterocycles. The van der Waals surface area contributed by atoms with E-state index in [4.69, 9.17) is 10.9 Å². The third-order valence-electron chi connectivity index (χ3n) is 3.84. The van der Waals surface area contributed by atoms with E-state index in [9.17, 15) is 4.79 Å². The van der Waals surface area contributed by atoms with Crippen molar-refractivity contribution in [3.8, 4) is 0 Å². The number of rotatable bonds is 5. The van der Waals surface area contributed by atoms with Crippen molar-refractivity contribution in [3.05, 3.63) is 0 Å². The van der Waals surface area contributed by atoms with Gasteiger partial charge in [0.2, 0.25) is 5.91 Å². The van der Waals surface area contributed by atoms with Gasteiger partial charge in [-0.1, -0.05) is 32.3 Å². The number of amides is 1. The zero-order valence-electron chi connectivity index (χ0n) is 11.6. The van der Waals surface area contributed by atoms with E-state index in [2.05, 4.69) is 19.0 Å². The molecule has 18 heavy (non-hydrogen) atoms. The van der Waals surface area contributed by atoms with Gasteiger partial charge in [-0.15, -0.1) is 0 Å². The Hall–Kier alpha value is -1.26. The van der Waals surface area contributed by atoms with Crippen LogP contribution < -0.4 is 5.73 Å². The third-order valence-corrected chi connectivity index (χ3v) is 3.84. The fraction of sp³-hybridized carbons (Fsp3) is 0.846. The SMILES string of the molecule is CCCN(CC(N)=NO)C(=O)C1CCCC1(C)C. The summed E-state index contributed by atoms with van der Waals surface area (Å²) >= 11 is 0. The van der Waals surface area contributed by atoms with Gasteiger partial charge in [0.1, 0.15) is 0 Å². The molecule has 0 aromatic heterocycles. The molecule has 3 N–H and O–H groups in total. The van der Waals surface area contributed by atoms with Crippen molar-refractivity contribution in [2.24, 2.45) is 22.2 Å². The molecule has 1 saturated carbocycles. The molecule has 1 fully saturated rings. The Morgan fingerprint density at radius 2 is 2.22 bits per heavy atom. The molecular weight excluding hydrogens is 230 g/mol. The summed E-state index contributed by atoms with van der Waals surface area (Å²) < 4.78 is 0. The Balaban J connectivity index is 2.76. The predicted octanol–water partition coefficient (Wildman–Crippen LogP) is 1.80. The van der Waals surface area contributed by atoms with E-state index < -0.39 is 0 Å². The summed E-state index contributed by atoms with van der Waals surface area (Å²) in [6.07, 6.45) is 4.01. The van der Waals surface area contributed by atoms with Gasteiger partial charge >= 0.3 is 0 Å². The van der Waals surface area contributed by atoms with Gasteiger partial charge in [-0.3, -0.25) is 4.79 Å². The van der Waals surface area contributed by atoms with Crippen LogP contribution in [0.4, 0.5) is 0 Å². The van der Waals surface area contributed by atoms with E-state index >= 15 is 0 Å². The fourth-order valence-electron chi connectivity index (χ4n) is 2.77. The molecule has 1 amide bonds. The van der Waals surface area contributed by atoms with Crippen LogP contribution in [0.3, 0.4) is 0 Å². The first-order chi connectivity index (χ1) is 8.42. The first-order valence-corrected chi connectivity index (χ1v) is 6.67. The molecule has 0 aromatic rings. The second-order valence-corrected chi connectivity index (χ2v) is 5.78. The normalized spacial score (nSPS) is 23.1. The summed E-state index contributed by atoms with van der Waals surface area (Å²) in [6.45, 7) is 7.19. The Labute approximate surface area is 109 Å². The average Bonchev–Trinajstić information content (AvgIpc) is 2.67. The number of oxime groups is 1. The molecule has 1 atom stereocenters. The minimum Gasteiger partial charge on any atom is -0.409 e. The van der Waals surface area contributed by atoms with Crippen molar-refractivity contribution in [1.29, 1.82) is 0 Å². The summed E-state index contributed by atoms with van der Waals surface area (Å²) in [6, 6.07) is 0. The van der Waals surface area contributed by atoms with Crippen LogP contribution in [0.2, 0.25) is 0 Å². The van der Waals surface area contributed by atoms with Crippen LogP contribution in [-0.2, 0) is 4.79 Å². The van der Waals surface area contributed by atoms with Crippen molar-refractivity contribution in [3.63, 3.8) is 0 Å². The maximum Gasteiger partial charge on any atom is 0.226 e. The van der Waals surface area contributed by atoms with E-state index in [0.29, 0.717) is 6.54 Å². The lowest BCUT2D eigenvalue weighted by Gasteiger charge is -2.31. The summed E-state index contributed by atoms with van der Waals surface area (Å²) in [5.41, 5.74) is 5.58. The summed E-state index contributed by atoms with van der Waals surface area (Å²) in [7, 11) is 0. The van der Waals surface area contributed by atoms with E-state index in [1.54, 1.807) is 4.90 Å². The Morgan fingerprint density at radius 1 is 1.56 bits per heavy atom. The number of amidine groups is 1. The zero-order chi connectivity index (χ0) is 13.8. The van der Waals surface area contributed by atoms with Crippen LogP contribution in [-0.4, -0.2) is 34.9 Å². The van der Waals surface area contributed by atoms with Gasteiger partial charge in [-0.25, -0.2) is 0 Å². The minimum absolute atomic E-state index is 0.0637. The van der Waals surface area contributed by atoms with Crippen LogP contribution in [0.1, 0.15) is 46.5 Å². The van der Waals surface area contributed by atoms with Crippen LogP contribution >= 0.6 is 0 Å². The van der Waals surface area contributed by atoms with E-state index in [1.807, 2.05) is 6.92 Å². The van der Waals surface area contributed by atoms with Crippen LogP contribution in [0.15, 0.2) is 5.16 Å². The number of hydrogen-bond acceptors (Lipinski definition) is 3. The molecule has 5 nitrogen and oxygen atoms in total. The summed E-state index contributed by atoms with van der Waals surface area (Å²) in [5.74, 6) is 0.300. The average molecular weight is 255 g/mol. The van der Waals surface area contributed by atoms with Crippen molar-refractivity contribution in [2.45, 2.75) is 46.5 Å². The quantitative estimate of drug-likeness (QED) is 0.340. The van der Waals surface area contributed by atoms with Crippen molar-refractivity contribution in [1.82, 2.24) is 4.90 Å². The molecule has 1 aliphatic rings. The molecule has 0 aromatic carbocycles. The lowest BCUT2D eigenvalue weighted by atomic mass is 9.81. The van der Waals surface area contributed by atoms with Gasteiger partial charge in [-0.2, -0.15) is 0 Å². The smallest absolute Gasteiger partial charge is 0.226 e. The number of nitrogens with two attached hydrogens (primary N) is 1. The van der Waals surface area contributed by atoms with Gasteiger partial charge in [0.15, 0.2) is 5.84 Å². The van der Waals surface area contributed by atoms with E-state index in [0.717, 1.165) is 25.7 Å². The van der Waals surface area contributed by atoms with Crippen LogP contribution in [0.5, 0.6) is 0 Å². The van der Waals surface area contributed by atoms with Gasteiger partial charge in [0.25, 0.3) is 0 Å². The van der Waals surface area contributed by atoms with Crippen molar-refractivity contribution in [2.75, 3.05) is 13.1 Å². The molecule has 0 aliphatic heterocycles. The largest absolute Gasteiger partial charge is 0.409 e. The van der Waals surface area contributed by atoms with Gasteiger partial charge in [-0.05, 0) is 24.7 Å². The van der Waals surface area contributed by atoms with Crippen molar-refractivity contribution < 1.29 is 10.0 Å². The molecule has 0 radical (unpaired) electrons. The van der Waals surface area contributed by atoms with Crippen LogP contribution in [0, 0.1) is 11.3 Å². The maximum atomic E-state index is 12.5. The number of carbonyl (C=O) groups excluding carboxylic acids is 1. The molecular formula is C13H25N3O2. The first kappa shape index (κ1) is 14.8. The second kappa shape index (κ2) is 6.07. The lowest BCUT2D eigenvalue weighted by molar-refractivity contribution is -0.137. The second-order valence-electron chi connectivity index (χ2n) is 5.78. The van der Waals surface area contributed by atoms with Crippen LogP contribution in [0.25, 0.3) is 0 Å². The molecule has 0 bridgehead atoms. The predicted molar refractivity (Wildman–Crippen MR) is 71.4 cm³/mol. The van der Waals surface area contributed by atoms with E-state index in [1.165, 1.54) is 0 Å². The summed E-state index contributed by atoms with van der Waals surface area (Å²) in [5, 5.41) is 11.6. The molecule has 5 heteroatoms. The Bertz CT molecular complexity index is 326. The Morgan fingerprint density at radius 3 is 2.67 bits per heavy atom. The number of nitrogens with zero attached hydrogens (tertiary/aromatic N) is 2. The lowest BCUT2D eigenvalue weighted by Crippen LogP contribution is -2.44. The monoisotopic (exact) mass is 255 g/mol. The highest BCUT2D eigenvalue weighted by molar-refractivity contribution is 5.88. The van der Waals surface area contributed by atoms with Gasteiger partial charge in [0, 0.05) is 12.5 Å². The van der Waals surface area contributed by atoms with Gasteiger partial charge in [0.05, 0.1) is 6.54 Å². The highest BCUT2D eigenvalue weighted by Crippen LogP contribution is 2.43. The molecule has 1 rings (SSSR count). The van der Waals surface area contributed by atoms with E-state index in [-0.39, 0.29) is 29.6 Å². The Kier molecular flexibility index (Phi) is 4.99. The zero-order valence-corrected chi connectivity index (χ0v) is 11.6. The maximum absolute atomic E-state index is 12.5. The highest BCUT2D eigenvalue weighted by atomic mass is 16.4. The first-order valence-electron chi connectivity index (χ1n) is 6.67. The molecule has 1 aliphatic carbocycles. The topological polar surface area (TPSA) is 78.9 Å².